The van der Waals surface area contributed by atoms with Gasteiger partial charge in [-0.3, -0.25) is 4.79 Å². The average Bonchev–Trinajstić information content (AvgIpc) is 3.38. The van der Waals surface area contributed by atoms with Crippen molar-refractivity contribution in [3.8, 4) is 5.75 Å². The van der Waals surface area contributed by atoms with Gasteiger partial charge in [0.1, 0.15) is 18.3 Å². The monoisotopic (exact) mass is 520 g/mol. The maximum atomic E-state index is 14.0. The van der Waals surface area contributed by atoms with Crippen molar-refractivity contribution in [3.63, 3.8) is 0 Å². The van der Waals surface area contributed by atoms with Crippen LogP contribution in [0.3, 0.4) is 0 Å². The van der Waals surface area contributed by atoms with Crippen LogP contribution in [0.1, 0.15) is 55.8 Å². The number of hydrogen-bond acceptors (Lipinski definition) is 4. The Hall–Kier alpha value is -3.00. The molecule has 3 amide bonds. The molecule has 38 heavy (non-hydrogen) atoms. The van der Waals surface area contributed by atoms with Crippen molar-refractivity contribution in [2.45, 2.75) is 56.7 Å². The molecule has 1 aromatic carbocycles. The molecule has 2 aromatic rings. The molecule has 2 heterocycles. The van der Waals surface area contributed by atoms with E-state index in [-0.39, 0.29) is 30.1 Å². The third-order valence-corrected chi connectivity index (χ3v) is 9.38. The van der Waals surface area contributed by atoms with Crippen LogP contribution in [-0.2, 0) is 16.1 Å². The number of carbonyl (C=O) groups excluding carboxylic acids is 2. The Kier molecular flexibility index (Phi) is 6.84. The molecule has 1 N–H and O–H groups in total. The first kappa shape index (κ1) is 25.3. The Balaban J connectivity index is 1.23. The molecular weight excluding hydrogens is 480 g/mol. The number of amides is 3. The van der Waals surface area contributed by atoms with E-state index in [4.69, 9.17) is 9.47 Å². The number of hydrogen-bond donors (Lipinski definition) is 1. The number of aromatic nitrogens is 1. The normalized spacial score (nSPS) is 29.2. The van der Waals surface area contributed by atoms with Gasteiger partial charge in [0.2, 0.25) is 5.91 Å². The van der Waals surface area contributed by atoms with Gasteiger partial charge in [0.25, 0.3) is 0 Å². The number of urea groups is 1. The van der Waals surface area contributed by atoms with E-state index in [0.29, 0.717) is 19.7 Å². The molecule has 8 heteroatoms. The lowest BCUT2D eigenvalue weighted by Gasteiger charge is -2.57. The van der Waals surface area contributed by atoms with Crippen LogP contribution in [-0.4, -0.2) is 72.3 Å². The van der Waals surface area contributed by atoms with Gasteiger partial charge in [-0.15, -0.1) is 0 Å². The van der Waals surface area contributed by atoms with Crippen LogP contribution in [0.15, 0.2) is 42.6 Å². The molecule has 0 saturated heterocycles. The molecule has 0 spiro atoms. The number of para-hydroxylation sites is 1. The lowest BCUT2D eigenvalue weighted by Crippen LogP contribution is -2.62. The predicted octanol–water partition coefficient (Wildman–Crippen LogP) is 4.06. The van der Waals surface area contributed by atoms with Crippen molar-refractivity contribution in [2.24, 2.45) is 17.8 Å². The fraction of sp³-hybridized carbons (Fsp3) is 0.600. The summed E-state index contributed by atoms with van der Waals surface area (Å²) in [6, 6.07) is 11.6. The van der Waals surface area contributed by atoms with E-state index in [2.05, 4.69) is 22.1 Å². The van der Waals surface area contributed by atoms with Crippen LogP contribution in [0.2, 0.25) is 0 Å². The van der Waals surface area contributed by atoms with Crippen LogP contribution >= 0.6 is 0 Å². The molecule has 4 aliphatic carbocycles. The molecule has 7 rings (SSSR count). The van der Waals surface area contributed by atoms with Gasteiger partial charge < -0.3 is 29.2 Å². The second-order valence-electron chi connectivity index (χ2n) is 11.9. The highest BCUT2D eigenvalue weighted by Gasteiger charge is 2.52. The Morgan fingerprint density at radius 1 is 1.00 bits per heavy atom. The van der Waals surface area contributed by atoms with E-state index in [1.54, 1.807) is 19.1 Å². The zero-order valence-electron chi connectivity index (χ0n) is 22.6. The zero-order valence-corrected chi connectivity index (χ0v) is 22.6. The van der Waals surface area contributed by atoms with Crippen LogP contribution < -0.4 is 10.1 Å². The van der Waals surface area contributed by atoms with Gasteiger partial charge in [-0.1, -0.05) is 18.2 Å². The van der Waals surface area contributed by atoms with Crippen molar-refractivity contribution in [1.29, 1.82) is 0 Å². The molecule has 1 aliphatic heterocycles. The van der Waals surface area contributed by atoms with Crippen LogP contribution in [0, 0.1) is 17.8 Å². The number of benzene rings is 1. The molecule has 4 saturated carbocycles. The van der Waals surface area contributed by atoms with Crippen LogP contribution in [0.4, 0.5) is 4.79 Å². The summed E-state index contributed by atoms with van der Waals surface area (Å²) in [6.07, 6.45) is 9.26. The first-order valence-corrected chi connectivity index (χ1v) is 14.1. The fourth-order valence-corrected chi connectivity index (χ4v) is 8.15. The van der Waals surface area contributed by atoms with Gasteiger partial charge >= 0.3 is 6.03 Å². The van der Waals surface area contributed by atoms with Gasteiger partial charge in [0.15, 0.2) is 0 Å². The smallest absolute Gasteiger partial charge is 0.318 e. The summed E-state index contributed by atoms with van der Waals surface area (Å²) in [5, 5.41) is 3.45. The first-order valence-electron chi connectivity index (χ1n) is 14.1. The Morgan fingerprint density at radius 2 is 1.71 bits per heavy atom. The molecule has 5 aliphatic rings. The quantitative estimate of drug-likeness (QED) is 0.570. The van der Waals surface area contributed by atoms with Gasteiger partial charge in [0.05, 0.1) is 13.7 Å². The zero-order chi connectivity index (χ0) is 26.3. The largest absolute Gasteiger partial charge is 0.496 e. The SMILES string of the molecule is COCCN(CC(=O)N1CCn2cccc2C1c1ccccc1OC)C(=O)NC12CC3CC(CC(C3)C1)C2. The highest BCUT2D eigenvalue weighted by Crippen LogP contribution is 2.55. The lowest BCUT2D eigenvalue weighted by molar-refractivity contribution is -0.134. The maximum Gasteiger partial charge on any atom is 0.318 e. The summed E-state index contributed by atoms with van der Waals surface area (Å²) < 4.78 is 13.2. The molecule has 4 fully saturated rings. The van der Waals surface area contributed by atoms with Crippen molar-refractivity contribution in [3.05, 3.63) is 53.9 Å². The summed E-state index contributed by atoms with van der Waals surface area (Å²) in [4.78, 5) is 31.3. The maximum absolute atomic E-state index is 14.0. The summed E-state index contributed by atoms with van der Waals surface area (Å²) >= 11 is 0. The number of fused-ring (bicyclic) bond motifs is 1. The van der Waals surface area contributed by atoms with Gasteiger partial charge in [0, 0.05) is 49.7 Å². The number of methoxy groups -OCH3 is 2. The van der Waals surface area contributed by atoms with Crippen LogP contribution in [0.25, 0.3) is 0 Å². The Morgan fingerprint density at radius 3 is 2.39 bits per heavy atom. The Bertz CT molecular complexity index is 1140. The third kappa shape index (κ3) is 4.68. The van der Waals surface area contributed by atoms with Gasteiger partial charge in [-0.2, -0.15) is 0 Å². The fourth-order valence-electron chi connectivity index (χ4n) is 8.15. The third-order valence-electron chi connectivity index (χ3n) is 9.38. The minimum absolute atomic E-state index is 0.0217. The number of nitrogens with one attached hydrogen (secondary N) is 1. The van der Waals surface area contributed by atoms with Gasteiger partial charge in [-0.05, 0) is 74.5 Å². The lowest BCUT2D eigenvalue weighted by atomic mass is 9.53. The summed E-state index contributed by atoms with van der Waals surface area (Å²) in [5.74, 6) is 2.90. The average molecular weight is 521 g/mol. The van der Waals surface area contributed by atoms with E-state index in [9.17, 15) is 9.59 Å². The molecule has 4 bridgehead atoms. The van der Waals surface area contributed by atoms with E-state index < -0.39 is 0 Å². The van der Waals surface area contributed by atoms with Crippen molar-refractivity contribution >= 4 is 11.9 Å². The predicted molar refractivity (Wildman–Crippen MR) is 144 cm³/mol. The summed E-state index contributed by atoms with van der Waals surface area (Å²) in [6.45, 7) is 2.08. The van der Waals surface area contributed by atoms with Crippen molar-refractivity contribution in [1.82, 2.24) is 19.7 Å². The number of carbonyl (C=O) groups is 2. The molecule has 1 unspecified atom stereocenters. The van der Waals surface area contributed by atoms with Gasteiger partial charge in [-0.25, -0.2) is 4.79 Å². The highest BCUT2D eigenvalue weighted by atomic mass is 16.5. The molecule has 1 aromatic heterocycles. The minimum atomic E-state index is -0.280. The number of nitrogens with zero attached hydrogens (tertiary/aromatic N) is 3. The molecular formula is C30H40N4O4. The van der Waals surface area contributed by atoms with Crippen molar-refractivity contribution < 1.29 is 19.1 Å². The summed E-state index contributed by atoms with van der Waals surface area (Å²) in [7, 11) is 3.29. The molecule has 204 valence electrons. The van der Waals surface area contributed by atoms with Crippen molar-refractivity contribution in [2.75, 3.05) is 40.5 Å². The van der Waals surface area contributed by atoms with Crippen LogP contribution in [0.5, 0.6) is 5.75 Å². The number of rotatable bonds is 8. The second-order valence-corrected chi connectivity index (χ2v) is 11.9. The Labute approximate surface area is 225 Å². The standard InChI is InChI=1S/C30H40N4O4/c1-37-13-12-33(29(36)31-30-17-21-14-22(18-30)16-23(15-21)19-30)20-27(35)34-11-10-32-9-5-7-25(32)28(34)24-6-3-4-8-26(24)38-2/h3-9,21-23,28H,10-20H2,1-2H3,(H,31,36). The second kappa shape index (κ2) is 10.3. The first-order chi connectivity index (χ1) is 18.5. The molecule has 0 radical (unpaired) electrons. The minimum Gasteiger partial charge on any atom is -0.496 e. The number of ether oxygens (including phenoxy) is 2. The van der Waals surface area contributed by atoms with E-state index in [1.807, 2.05) is 35.2 Å². The summed E-state index contributed by atoms with van der Waals surface area (Å²) in [5.41, 5.74) is 1.89. The van der Waals surface area contributed by atoms with E-state index in [1.165, 1.54) is 19.3 Å². The topological polar surface area (TPSA) is 76.0 Å². The van der Waals surface area contributed by atoms with E-state index >= 15 is 0 Å². The molecule has 1 atom stereocenters. The van der Waals surface area contributed by atoms with E-state index in [0.717, 1.165) is 60.6 Å². The molecule has 8 nitrogen and oxygen atoms in total. The highest BCUT2D eigenvalue weighted by molar-refractivity contribution is 5.85.